The van der Waals surface area contributed by atoms with E-state index in [2.05, 4.69) is 32.8 Å². The van der Waals surface area contributed by atoms with Crippen molar-refractivity contribution in [1.29, 1.82) is 0 Å². The fourth-order valence-corrected chi connectivity index (χ4v) is 6.31. The molecule has 1 saturated carbocycles. The number of halogens is 1. The average molecular weight is 561 g/mol. The van der Waals surface area contributed by atoms with Gasteiger partial charge in [-0.1, -0.05) is 24.9 Å². The Hall–Kier alpha value is -3.05. The Balaban J connectivity index is 1.45. The van der Waals surface area contributed by atoms with Crippen molar-refractivity contribution in [3.05, 3.63) is 38.9 Å². The monoisotopic (exact) mass is 560 g/mol. The predicted octanol–water partition coefficient (Wildman–Crippen LogP) is 2.82. The van der Waals surface area contributed by atoms with E-state index >= 15 is 0 Å². The lowest BCUT2D eigenvalue weighted by atomic mass is 9.81. The fraction of sp³-hybridized carbons (Fsp3) is 0.538. The molecule has 4 atom stereocenters. The molecule has 0 saturated heterocycles. The molecule has 38 heavy (non-hydrogen) atoms. The van der Waals surface area contributed by atoms with Crippen LogP contribution in [0.4, 0.5) is 5.82 Å². The molecule has 4 rings (SSSR count). The lowest BCUT2D eigenvalue weighted by Gasteiger charge is -2.37. The number of nitrogens with one attached hydrogen (secondary N) is 3. The third-order valence-corrected chi connectivity index (χ3v) is 8.60. The number of nitrogens with zero attached hydrogens (tertiary/aromatic N) is 3. The Kier molecular flexibility index (Phi) is 8.99. The van der Waals surface area contributed by atoms with Crippen LogP contribution in [0.15, 0.2) is 18.3 Å². The summed E-state index contributed by atoms with van der Waals surface area (Å²) in [6.07, 6.45) is 6.66. The second-order valence-electron chi connectivity index (χ2n) is 10.1. The van der Waals surface area contributed by atoms with E-state index in [0.29, 0.717) is 35.2 Å². The molecular weight excluding hydrogens is 528 g/mol. The maximum absolute atomic E-state index is 13.3. The summed E-state index contributed by atoms with van der Waals surface area (Å²) < 4.78 is 0. The lowest BCUT2D eigenvalue weighted by Crippen LogP contribution is -2.57. The number of amides is 4. The van der Waals surface area contributed by atoms with Crippen molar-refractivity contribution in [3.63, 3.8) is 0 Å². The van der Waals surface area contributed by atoms with E-state index in [1.165, 1.54) is 28.5 Å². The zero-order valence-corrected chi connectivity index (χ0v) is 23.3. The standard InChI is InChI=1S/C26H33ClN6O4S/c1-4-14-5-8-18-20(11-14)38-25(31-18)24(36)30-19-12-15(26(37)33(2)3)6-9-17(19)29-22(34)23(35)32-21-10-7-16(27)13-28-21/h7,10,13-15,17,19H,4-6,8-9,11-12H2,1-3H3,(H,29,34)(H,30,36)(H,28,32,35)/t14?,15-,17-,19+/m0/s1. The first-order chi connectivity index (χ1) is 18.1. The summed E-state index contributed by atoms with van der Waals surface area (Å²) in [7, 11) is 3.39. The molecule has 2 aliphatic carbocycles. The first kappa shape index (κ1) is 28.0. The van der Waals surface area contributed by atoms with Crippen molar-refractivity contribution in [2.75, 3.05) is 19.4 Å². The number of aryl methyl sites for hydroxylation is 1. The summed E-state index contributed by atoms with van der Waals surface area (Å²) in [5.74, 6) is -1.58. The fourth-order valence-electron chi connectivity index (χ4n) is 5.07. The van der Waals surface area contributed by atoms with Crippen molar-refractivity contribution < 1.29 is 19.2 Å². The van der Waals surface area contributed by atoms with Crippen molar-refractivity contribution in [2.45, 2.75) is 64.0 Å². The molecular formula is C26H33ClN6O4S. The van der Waals surface area contributed by atoms with Crippen LogP contribution in [0.2, 0.25) is 5.02 Å². The highest BCUT2D eigenvalue weighted by Gasteiger charge is 2.37. The molecule has 2 heterocycles. The lowest BCUT2D eigenvalue weighted by molar-refractivity contribution is -0.137. The summed E-state index contributed by atoms with van der Waals surface area (Å²) in [6.45, 7) is 2.18. The minimum atomic E-state index is -0.880. The zero-order valence-electron chi connectivity index (χ0n) is 21.8. The number of aromatic nitrogens is 2. The third-order valence-electron chi connectivity index (χ3n) is 7.26. The molecule has 1 fully saturated rings. The van der Waals surface area contributed by atoms with Crippen LogP contribution in [0.1, 0.15) is 59.4 Å². The van der Waals surface area contributed by atoms with Gasteiger partial charge >= 0.3 is 11.8 Å². The molecule has 204 valence electrons. The van der Waals surface area contributed by atoms with Gasteiger partial charge in [0.15, 0.2) is 5.01 Å². The Morgan fingerprint density at radius 3 is 2.55 bits per heavy atom. The highest BCUT2D eigenvalue weighted by atomic mass is 35.5. The SMILES string of the molecule is CCC1CCc2nc(C(=O)N[C@@H]3C[C@@H](C(=O)N(C)C)CC[C@@H]3NC(=O)C(=O)Nc3ccc(Cl)cn3)sc2C1. The molecule has 12 heteroatoms. The molecule has 0 bridgehead atoms. The van der Waals surface area contributed by atoms with Crippen LogP contribution in [0.5, 0.6) is 0 Å². The van der Waals surface area contributed by atoms with E-state index in [9.17, 15) is 19.2 Å². The van der Waals surface area contributed by atoms with E-state index < -0.39 is 23.9 Å². The maximum Gasteiger partial charge on any atom is 0.314 e. The second kappa shape index (κ2) is 12.2. The molecule has 2 aromatic rings. The van der Waals surface area contributed by atoms with Crippen LogP contribution < -0.4 is 16.0 Å². The Morgan fingerprint density at radius 1 is 1.08 bits per heavy atom. The number of hydrogen-bond acceptors (Lipinski definition) is 7. The van der Waals surface area contributed by atoms with Gasteiger partial charge in [-0.15, -0.1) is 11.3 Å². The van der Waals surface area contributed by atoms with Crippen LogP contribution in [0.25, 0.3) is 0 Å². The number of thiazole rings is 1. The minimum Gasteiger partial charge on any atom is -0.349 e. The largest absolute Gasteiger partial charge is 0.349 e. The summed E-state index contributed by atoms with van der Waals surface area (Å²) in [5.41, 5.74) is 0.992. The first-order valence-electron chi connectivity index (χ1n) is 12.9. The Morgan fingerprint density at radius 2 is 1.87 bits per heavy atom. The molecule has 2 aromatic heterocycles. The van der Waals surface area contributed by atoms with Crippen molar-refractivity contribution in [1.82, 2.24) is 25.5 Å². The molecule has 10 nitrogen and oxygen atoms in total. The number of fused-ring (bicyclic) bond motifs is 1. The van der Waals surface area contributed by atoms with E-state index in [1.54, 1.807) is 20.2 Å². The average Bonchev–Trinajstić information content (AvgIpc) is 3.34. The maximum atomic E-state index is 13.3. The molecule has 0 aliphatic heterocycles. The van der Waals surface area contributed by atoms with Crippen LogP contribution in [0.3, 0.4) is 0 Å². The van der Waals surface area contributed by atoms with Gasteiger partial charge in [0.1, 0.15) is 5.82 Å². The second-order valence-corrected chi connectivity index (χ2v) is 11.6. The quantitative estimate of drug-likeness (QED) is 0.465. The van der Waals surface area contributed by atoms with E-state index in [-0.39, 0.29) is 23.6 Å². The van der Waals surface area contributed by atoms with Gasteiger partial charge in [0, 0.05) is 37.1 Å². The molecule has 2 aliphatic rings. The summed E-state index contributed by atoms with van der Waals surface area (Å²) in [6, 6.07) is 1.97. The van der Waals surface area contributed by atoms with E-state index in [4.69, 9.17) is 11.6 Å². The van der Waals surface area contributed by atoms with Crippen LogP contribution in [0, 0.1) is 11.8 Å². The number of rotatable bonds is 6. The van der Waals surface area contributed by atoms with Gasteiger partial charge in [0.25, 0.3) is 5.91 Å². The molecule has 0 aromatic carbocycles. The number of carbonyl (C=O) groups is 4. The van der Waals surface area contributed by atoms with E-state index in [1.807, 2.05) is 0 Å². The normalized spacial score (nSPS) is 22.6. The van der Waals surface area contributed by atoms with Crippen molar-refractivity contribution in [2.24, 2.45) is 11.8 Å². The smallest absolute Gasteiger partial charge is 0.314 e. The van der Waals surface area contributed by atoms with Crippen LogP contribution in [-0.2, 0) is 27.2 Å². The Bertz CT molecular complexity index is 1200. The molecule has 3 N–H and O–H groups in total. The molecule has 1 unspecified atom stereocenters. The van der Waals surface area contributed by atoms with Crippen LogP contribution in [-0.4, -0.2) is 64.7 Å². The highest BCUT2D eigenvalue weighted by Crippen LogP contribution is 2.32. The Labute approximate surface area is 230 Å². The first-order valence-corrected chi connectivity index (χ1v) is 14.1. The summed E-state index contributed by atoms with van der Waals surface area (Å²) in [5, 5.41) is 8.99. The molecule has 0 radical (unpaired) electrons. The number of carbonyl (C=O) groups excluding carboxylic acids is 4. The van der Waals surface area contributed by atoms with Gasteiger partial charge in [-0.25, -0.2) is 9.97 Å². The molecule has 0 spiro atoms. The topological polar surface area (TPSA) is 133 Å². The van der Waals surface area contributed by atoms with Gasteiger partial charge in [0.2, 0.25) is 5.91 Å². The summed E-state index contributed by atoms with van der Waals surface area (Å²) in [4.78, 5) is 62.4. The minimum absolute atomic E-state index is 0.0316. The number of anilines is 1. The number of hydrogen-bond donors (Lipinski definition) is 3. The predicted molar refractivity (Wildman–Crippen MR) is 145 cm³/mol. The van der Waals surface area contributed by atoms with Gasteiger partial charge in [0.05, 0.1) is 16.8 Å². The molecule has 4 amide bonds. The third kappa shape index (κ3) is 6.68. The van der Waals surface area contributed by atoms with Gasteiger partial charge in [-0.3, -0.25) is 19.2 Å². The van der Waals surface area contributed by atoms with Crippen LogP contribution >= 0.6 is 22.9 Å². The van der Waals surface area contributed by atoms with Gasteiger partial charge in [-0.2, -0.15) is 0 Å². The van der Waals surface area contributed by atoms with Crippen molar-refractivity contribution >= 4 is 52.4 Å². The zero-order chi connectivity index (χ0) is 27.4. The van der Waals surface area contributed by atoms with E-state index in [0.717, 1.165) is 36.3 Å². The number of pyridine rings is 1. The van der Waals surface area contributed by atoms with Gasteiger partial charge < -0.3 is 20.9 Å². The summed E-state index contributed by atoms with van der Waals surface area (Å²) >= 11 is 7.24. The van der Waals surface area contributed by atoms with Crippen molar-refractivity contribution in [3.8, 4) is 0 Å². The van der Waals surface area contributed by atoms with Gasteiger partial charge in [-0.05, 0) is 56.6 Å². The highest BCUT2D eigenvalue weighted by molar-refractivity contribution is 7.13.